The van der Waals surface area contributed by atoms with E-state index >= 15 is 0 Å². The average Bonchev–Trinajstić information content (AvgIpc) is 2.39. The molecule has 0 aromatic heterocycles. The van der Waals surface area contributed by atoms with Gasteiger partial charge in [-0.15, -0.1) is 0 Å². The number of carbonyl (C=O) groups excluding carboxylic acids is 1. The molecule has 0 atom stereocenters. The first-order chi connectivity index (χ1) is 9.15. The molecule has 19 heavy (non-hydrogen) atoms. The first-order valence-electron chi connectivity index (χ1n) is 6.03. The Morgan fingerprint density at radius 3 is 2.11 bits per heavy atom. The van der Waals surface area contributed by atoms with Gasteiger partial charge in [0, 0.05) is 12.0 Å². The van der Waals surface area contributed by atoms with Crippen LogP contribution in [-0.2, 0) is 17.6 Å². The molecule has 2 aromatic carbocycles. The molecule has 0 aliphatic heterocycles. The van der Waals surface area contributed by atoms with Gasteiger partial charge >= 0.3 is 5.97 Å². The third-order valence-electron chi connectivity index (χ3n) is 2.81. The Hall–Kier alpha value is -2.42. The van der Waals surface area contributed by atoms with Crippen molar-refractivity contribution in [3.63, 3.8) is 0 Å². The first kappa shape index (κ1) is 13.0. The van der Waals surface area contributed by atoms with E-state index in [4.69, 9.17) is 5.11 Å². The van der Waals surface area contributed by atoms with Gasteiger partial charge < -0.3 is 5.11 Å². The second-order valence-electron chi connectivity index (χ2n) is 4.36. The number of ketones is 1. The Labute approximate surface area is 111 Å². The van der Waals surface area contributed by atoms with E-state index in [0.29, 0.717) is 11.1 Å². The van der Waals surface area contributed by atoms with Gasteiger partial charge in [-0.2, -0.15) is 0 Å². The van der Waals surface area contributed by atoms with Crippen LogP contribution in [0.4, 0.5) is 0 Å². The van der Waals surface area contributed by atoms with Crippen molar-refractivity contribution in [2.45, 2.75) is 12.8 Å². The minimum Gasteiger partial charge on any atom is -0.481 e. The van der Waals surface area contributed by atoms with E-state index < -0.39 is 5.97 Å². The highest BCUT2D eigenvalue weighted by molar-refractivity contribution is 5.97. The van der Waals surface area contributed by atoms with Crippen LogP contribution in [0.2, 0.25) is 0 Å². The quantitative estimate of drug-likeness (QED) is 0.835. The van der Waals surface area contributed by atoms with Crippen LogP contribution < -0.4 is 0 Å². The van der Waals surface area contributed by atoms with Crippen LogP contribution in [0.25, 0.3) is 0 Å². The number of hydrogen-bond donors (Lipinski definition) is 1. The number of carboxylic acids is 1. The van der Waals surface area contributed by atoms with Crippen LogP contribution in [0.1, 0.15) is 21.5 Å². The highest BCUT2D eigenvalue weighted by Crippen LogP contribution is 2.10. The summed E-state index contributed by atoms with van der Waals surface area (Å²) in [5.74, 6) is -0.834. The van der Waals surface area contributed by atoms with E-state index in [1.165, 1.54) is 0 Å². The number of carboxylic acid groups (broad SMARTS) is 1. The first-order valence-corrected chi connectivity index (χ1v) is 6.03. The normalized spacial score (nSPS) is 10.1. The Bertz CT molecular complexity index is 588. The number of Topliss-reactive ketones (excluding diaryl/α,β-unsaturated/α-hetero) is 1. The average molecular weight is 254 g/mol. The molecule has 1 N–H and O–H groups in total. The van der Waals surface area contributed by atoms with Crippen molar-refractivity contribution in [2.24, 2.45) is 0 Å². The second kappa shape index (κ2) is 5.96. The van der Waals surface area contributed by atoms with Crippen LogP contribution in [0, 0.1) is 0 Å². The molecule has 3 heteroatoms. The summed E-state index contributed by atoms with van der Waals surface area (Å²) in [5, 5.41) is 8.75. The van der Waals surface area contributed by atoms with E-state index in [-0.39, 0.29) is 18.6 Å². The molecule has 0 saturated heterocycles. The molecule has 3 nitrogen and oxygen atoms in total. The van der Waals surface area contributed by atoms with Gasteiger partial charge in [-0.1, -0.05) is 54.6 Å². The van der Waals surface area contributed by atoms with Gasteiger partial charge in [0.05, 0.1) is 6.42 Å². The molecule has 0 amide bonds. The van der Waals surface area contributed by atoms with Gasteiger partial charge in [-0.05, 0) is 11.1 Å². The van der Waals surface area contributed by atoms with Crippen molar-refractivity contribution < 1.29 is 14.7 Å². The van der Waals surface area contributed by atoms with Gasteiger partial charge in [-0.25, -0.2) is 0 Å². The van der Waals surface area contributed by atoms with E-state index in [2.05, 4.69) is 0 Å². The summed E-state index contributed by atoms with van der Waals surface area (Å²) in [5.41, 5.74) is 2.23. The molecular formula is C16H14O3. The summed E-state index contributed by atoms with van der Waals surface area (Å²) in [4.78, 5) is 22.7. The molecule has 0 unspecified atom stereocenters. The third-order valence-corrected chi connectivity index (χ3v) is 2.81. The monoisotopic (exact) mass is 254 g/mol. The van der Waals surface area contributed by atoms with Gasteiger partial charge in [0.15, 0.2) is 5.78 Å². The summed E-state index contributed by atoms with van der Waals surface area (Å²) in [6.07, 6.45) is 0.269. The Morgan fingerprint density at radius 2 is 1.47 bits per heavy atom. The fraction of sp³-hybridized carbons (Fsp3) is 0.125. The lowest BCUT2D eigenvalue weighted by Crippen LogP contribution is -2.05. The summed E-state index contributed by atoms with van der Waals surface area (Å²) >= 11 is 0. The van der Waals surface area contributed by atoms with E-state index in [1.807, 2.05) is 24.3 Å². The standard InChI is InChI=1S/C16H14O3/c17-15(14-7-2-1-3-8-14)10-12-5-4-6-13(9-12)11-16(18)19/h1-9H,10-11H2,(H,18,19). The molecule has 2 aromatic rings. The summed E-state index contributed by atoms with van der Waals surface area (Å²) in [7, 11) is 0. The van der Waals surface area contributed by atoms with Gasteiger partial charge in [0.25, 0.3) is 0 Å². The highest BCUT2D eigenvalue weighted by Gasteiger charge is 2.07. The minimum absolute atomic E-state index is 0.0205. The van der Waals surface area contributed by atoms with Crippen molar-refractivity contribution in [2.75, 3.05) is 0 Å². The summed E-state index contributed by atoms with van der Waals surface area (Å²) in [6, 6.07) is 16.2. The van der Waals surface area contributed by atoms with Crippen LogP contribution >= 0.6 is 0 Å². The number of aliphatic carboxylic acids is 1. The fourth-order valence-electron chi connectivity index (χ4n) is 1.94. The number of hydrogen-bond acceptors (Lipinski definition) is 2. The van der Waals surface area contributed by atoms with E-state index in [9.17, 15) is 9.59 Å². The number of rotatable bonds is 5. The van der Waals surface area contributed by atoms with Crippen molar-refractivity contribution in [3.05, 3.63) is 71.3 Å². The van der Waals surface area contributed by atoms with Crippen molar-refractivity contribution in [1.29, 1.82) is 0 Å². The van der Waals surface area contributed by atoms with Crippen molar-refractivity contribution in [3.8, 4) is 0 Å². The molecular weight excluding hydrogens is 240 g/mol. The molecule has 2 rings (SSSR count). The predicted octanol–water partition coefficient (Wildman–Crippen LogP) is 2.74. The summed E-state index contributed by atoms with van der Waals surface area (Å²) in [6.45, 7) is 0. The van der Waals surface area contributed by atoms with Gasteiger partial charge in [-0.3, -0.25) is 9.59 Å². The van der Waals surface area contributed by atoms with Crippen LogP contribution in [0.15, 0.2) is 54.6 Å². The maximum Gasteiger partial charge on any atom is 0.307 e. The molecule has 0 heterocycles. The van der Waals surface area contributed by atoms with Gasteiger partial charge in [0.2, 0.25) is 0 Å². The number of carbonyl (C=O) groups is 2. The lowest BCUT2D eigenvalue weighted by atomic mass is 10.0. The fourth-order valence-corrected chi connectivity index (χ4v) is 1.94. The Balaban J connectivity index is 2.11. The second-order valence-corrected chi connectivity index (χ2v) is 4.36. The van der Waals surface area contributed by atoms with Crippen molar-refractivity contribution >= 4 is 11.8 Å². The zero-order valence-corrected chi connectivity index (χ0v) is 10.4. The lowest BCUT2D eigenvalue weighted by molar-refractivity contribution is -0.136. The zero-order valence-electron chi connectivity index (χ0n) is 10.4. The zero-order chi connectivity index (χ0) is 13.7. The largest absolute Gasteiger partial charge is 0.481 e. The van der Waals surface area contributed by atoms with E-state index in [1.54, 1.807) is 30.3 Å². The molecule has 0 fully saturated rings. The Kier molecular flexibility index (Phi) is 4.08. The van der Waals surface area contributed by atoms with Crippen LogP contribution in [-0.4, -0.2) is 16.9 Å². The van der Waals surface area contributed by atoms with Crippen LogP contribution in [0.3, 0.4) is 0 Å². The Morgan fingerprint density at radius 1 is 0.842 bits per heavy atom. The van der Waals surface area contributed by atoms with Crippen molar-refractivity contribution in [1.82, 2.24) is 0 Å². The van der Waals surface area contributed by atoms with Crippen LogP contribution in [0.5, 0.6) is 0 Å². The summed E-state index contributed by atoms with van der Waals surface area (Å²) < 4.78 is 0. The molecule has 0 bridgehead atoms. The maximum atomic E-state index is 12.0. The van der Waals surface area contributed by atoms with E-state index in [0.717, 1.165) is 5.56 Å². The maximum absolute atomic E-state index is 12.0. The van der Waals surface area contributed by atoms with Gasteiger partial charge in [0.1, 0.15) is 0 Å². The molecule has 0 aliphatic rings. The molecule has 96 valence electrons. The predicted molar refractivity (Wildman–Crippen MR) is 72.3 cm³/mol. The third kappa shape index (κ3) is 3.78. The minimum atomic E-state index is -0.869. The SMILES string of the molecule is O=C(O)Cc1cccc(CC(=O)c2ccccc2)c1. The molecule has 0 radical (unpaired) electrons. The molecule has 0 spiro atoms. The molecule has 0 aliphatic carbocycles. The lowest BCUT2D eigenvalue weighted by Gasteiger charge is -2.04. The molecule has 0 saturated carbocycles. The highest BCUT2D eigenvalue weighted by atomic mass is 16.4. The number of benzene rings is 2. The topological polar surface area (TPSA) is 54.4 Å². The smallest absolute Gasteiger partial charge is 0.307 e.